The minimum atomic E-state index is 0.566. The predicted octanol–water partition coefficient (Wildman–Crippen LogP) is 4.33. The molecule has 2 aromatic heterocycles. The summed E-state index contributed by atoms with van der Waals surface area (Å²) >= 11 is 9.45. The topological polar surface area (TPSA) is 30.7 Å². The van der Waals surface area contributed by atoms with Crippen LogP contribution in [-0.2, 0) is 13.0 Å². The van der Waals surface area contributed by atoms with Gasteiger partial charge in [-0.3, -0.25) is 4.98 Å². The first-order valence-electron chi connectivity index (χ1n) is 6.79. The van der Waals surface area contributed by atoms with Crippen LogP contribution >= 0.6 is 27.5 Å². The molecule has 0 bridgehead atoms. The van der Waals surface area contributed by atoms with E-state index in [-0.39, 0.29) is 0 Å². The summed E-state index contributed by atoms with van der Waals surface area (Å²) in [4.78, 5) is 9.06. The van der Waals surface area contributed by atoms with Crippen molar-refractivity contribution in [2.45, 2.75) is 19.9 Å². The van der Waals surface area contributed by atoms with Gasteiger partial charge in [0, 0.05) is 28.7 Å². The number of fused-ring (bicyclic) bond motifs is 1. The number of rotatable bonds is 4. The number of hydrogen-bond acceptors (Lipinski definition) is 2. The van der Waals surface area contributed by atoms with Gasteiger partial charge in [0.1, 0.15) is 5.82 Å². The van der Waals surface area contributed by atoms with E-state index in [4.69, 9.17) is 16.6 Å². The van der Waals surface area contributed by atoms with E-state index in [1.54, 1.807) is 0 Å². The lowest BCUT2D eigenvalue weighted by atomic mass is 10.2. The van der Waals surface area contributed by atoms with E-state index in [0.29, 0.717) is 5.88 Å². The Bertz CT molecular complexity index is 765. The number of benzene rings is 1. The number of nitrogens with zero attached hydrogens (tertiary/aromatic N) is 3. The van der Waals surface area contributed by atoms with Crippen LogP contribution in [0.2, 0.25) is 0 Å². The quantitative estimate of drug-likeness (QED) is 0.645. The molecule has 0 spiro atoms. The number of imidazole rings is 1. The molecule has 2 heterocycles. The molecule has 108 valence electrons. The van der Waals surface area contributed by atoms with Crippen LogP contribution in [-0.4, -0.2) is 20.4 Å². The SMILES string of the molecule is Cc1ccc(Cn2c(CCCl)nc3ccc(Br)cc32)cn1. The minimum absolute atomic E-state index is 0.566. The van der Waals surface area contributed by atoms with E-state index in [9.17, 15) is 0 Å². The predicted molar refractivity (Wildman–Crippen MR) is 89.9 cm³/mol. The normalized spacial score (nSPS) is 11.2. The maximum Gasteiger partial charge on any atom is 0.111 e. The largest absolute Gasteiger partial charge is 0.323 e. The van der Waals surface area contributed by atoms with Gasteiger partial charge in [0.2, 0.25) is 0 Å². The van der Waals surface area contributed by atoms with Crippen molar-refractivity contribution < 1.29 is 0 Å². The van der Waals surface area contributed by atoms with Crippen LogP contribution in [0.3, 0.4) is 0 Å². The van der Waals surface area contributed by atoms with Gasteiger partial charge >= 0.3 is 0 Å². The highest BCUT2D eigenvalue weighted by atomic mass is 79.9. The van der Waals surface area contributed by atoms with Crippen LogP contribution in [0.15, 0.2) is 41.0 Å². The summed E-state index contributed by atoms with van der Waals surface area (Å²) in [6, 6.07) is 10.3. The van der Waals surface area contributed by atoms with E-state index in [1.165, 1.54) is 0 Å². The van der Waals surface area contributed by atoms with E-state index in [0.717, 1.165) is 45.6 Å². The first kappa shape index (κ1) is 14.5. The maximum absolute atomic E-state index is 5.92. The van der Waals surface area contributed by atoms with E-state index >= 15 is 0 Å². The Morgan fingerprint density at radius 1 is 1.24 bits per heavy atom. The van der Waals surface area contributed by atoms with Crippen molar-refractivity contribution in [1.29, 1.82) is 0 Å². The standard InChI is InChI=1S/C16H15BrClN3/c1-11-2-3-12(9-19-11)10-21-15-8-13(17)4-5-14(15)20-16(21)6-7-18/h2-5,8-9H,6-7,10H2,1H3. The van der Waals surface area contributed by atoms with Crippen LogP contribution < -0.4 is 0 Å². The van der Waals surface area contributed by atoms with Crippen molar-refractivity contribution in [2.75, 3.05) is 5.88 Å². The molecule has 1 aromatic carbocycles. The fourth-order valence-corrected chi connectivity index (χ4v) is 2.89. The molecule has 0 radical (unpaired) electrons. The summed E-state index contributed by atoms with van der Waals surface area (Å²) in [7, 11) is 0. The van der Waals surface area contributed by atoms with Gasteiger partial charge in [-0.05, 0) is 36.8 Å². The van der Waals surface area contributed by atoms with Gasteiger partial charge in [0.15, 0.2) is 0 Å². The van der Waals surface area contributed by atoms with Gasteiger partial charge in [-0.1, -0.05) is 22.0 Å². The number of aryl methyl sites for hydroxylation is 2. The van der Waals surface area contributed by atoms with Crippen molar-refractivity contribution in [2.24, 2.45) is 0 Å². The van der Waals surface area contributed by atoms with E-state index in [1.807, 2.05) is 31.3 Å². The van der Waals surface area contributed by atoms with Gasteiger partial charge in [0.05, 0.1) is 17.6 Å². The highest BCUT2D eigenvalue weighted by Crippen LogP contribution is 2.22. The summed E-state index contributed by atoms with van der Waals surface area (Å²) < 4.78 is 3.27. The molecule has 0 atom stereocenters. The lowest BCUT2D eigenvalue weighted by molar-refractivity contribution is 0.751. The molecule has 21 heavy (non-hydrogen) atoms. The molecule has 0 saturated carbocycles. The molecule has 3 aromatic rings. The number of hydrogen-bond donors (Lipinski definition) is 0. The monoisotopic (exact) mass is 363 g/mol. The average Bonchev–Trinajstić information content (AvgIpc) is 2.79. The lowest BCUT2D eigenvalue weighted by Crippen LogP contribution is -2.06. The minimum Gasteiger partial charge on any atom is -0.323 e. The Morgan fingerprint density at radius 3 is 2.81 bits per heavy atom. The van der Waals surface area contributed by atoms with Crippen molar-refractivity contribution in [3.8, 4) is 0 Å². The number of alkyl halides is 1. The molecule has 0 aliphatic rings. The first-order valence-corrected chi connectivity index (χ1v) is 8.12. The molecule has 5 heteroatoms. The zero-order valence-corrected chi connectivity index (χ0v) is 14.0. The smallest absolute Gasteiger partial charge is 0.111 e. The van der Waals surface area contributed by atoms with Crippen molar-refractivity contribution in [3.63, 3.8) is 0 Å². The second kappa shape index (κ2) is 6.16. The van der Waals surface area contributed by atoms with E-state index in [2.05, 4.69) is 37.6 Å². The van der Waals surface area contributed by atoms with Crippen molar-refractivity contribution in [3.05, 3.63) is 58.1 Å². The Labute approximate surface area is 137 Å². The summed E-state index contributed by atoms with van der Waals surface area (Å²) in [6.07, 6.45) is 2.68. The first-order chi connectivity index (χ1) is 10.2. The molecule has 3 rings (SSSR count). The molecule has 3 nitrogen and oxygen atoms in total. The number of pyridine rings is 1. The fourth-order valence-electron chi connectivity index (χ4n) is 2.37. The third kappa shape index (κ3) is 3.11. The Morgan fingerprint density at radius 2 is 2.10 bits per heavy atom. The molecule has 0 N–H and O–H groups in total. The van der Waals surface area contributed by atoms with Crippen LogP contribution in [0.4, 0.5) is 0 Å². The molecule has 0 amide bonds. The summed E-state index contributed by atoms with van der Waals surface area (Å²) in [6.45, 7) is 2.75. The second-order valence-corrected chi connectivity index (χ2v) is 6.29. The second-order valence-electron chi connectivity index (χ2n) is 4.99. The number of halogens is 2. The molecule has 0 aliphatic carbocycles. The molecule has 0 saturated heterocycles. The van der Waals surface area contributed by atoms with Crippen LogP contribution in [0.1, 0.15) is 17.1 Å². The van der Waals surface area contributed by atoms with Gasteiger partial charge in [-0.25, -0.2) is 4.98 Å². The number of aromatic nitrogens is 3. The molecule has 0 aliphatic heterocycles. The highest BCUT2D eigenvalue weighted by molar-refractivity contribution is 9.10. The molecule has 0 unspecified atom stereocenters. The Balaban J connectivity index is 2.07. The third-order valence-electron chi connectivity index (χ3n) is 3.42. The zero-order valence-electron chi connectivity index (χ0n) is 11.7. The molecular weight excluding hydrogens is 350 g/mol. The molecular formula is C16H15BrClN3. The maximum atomic E-state index is 5.92. The summed E-state index contributed by atoms with van der Waals surface area (Å²) in [5, 5.41) is 0. The van der Waals surface area contributed by atoms with E-state index < -0.39 is 0 Å². The zero-order chi connectivity index (χ0) is 14.8. The van der Waals surface area contributed by atoms with Crippen LogP contribution in [0.5, 0.6) is 0 Å². The van der Waals surface area contributed by atoms with Gasteiger partial charge < -0.3 is 4.57 Å². The molecule has 0 fully saturated rings. The van der Waals surface area contributed by atoms with Gasteiger partial charge in [-0.15, -0.1) is 11.6 Å². The van der Waals surface area contributed by atoms with Crippen molar-refractivity contribution >= 4 is 38.6 Å². The average molecular weight is 365 g/mol. The van der Waals surface area contributed by atoms with Crippen LogP contribution in [0, 0.1) is 6.92 Å². The summed E-state index contributed by atoms with van der Waals surface area (Å²) in [5.74, 6) is 1.58. The highest BCUT2D eigenvalue weighted by Gasteiger charge is 2.11. The third-order valence-corrected chi connectivity index (χ3v) is 4.10. The van der Waals surface area contributed by atoms with Crippen LogP contribution in [0.25, 0.3) is 11.0 Å². The Hall–Kier alpha value is -1.39. The van der Waals surface area contributed by atoms with Gasteiger partial charge in [-0.2, -0.15) is 0 Å². The Kier molecular flexibility index (Phi) is 4.27. The van der Waals surface area contributed by atoms with Crippen molar-refractivity contribution in [1.82, 2.24) is 14.5 Å². The summed E-state index contributed by atoms with van der Waals surface area (Å²) in [5.41, 5.74) is 4.30. The van der Waals surface area contributed by atoms with Gasteiger partial charge in [0.25, 0.3) is 0 Å². The fraction of sp³-hybridized carbons (Fsp3) is 0.250. The lowest BCUT2D eigenvalue weighted by Gasteiger charge is -2.09.